The molecule has 19 heavy (non-hydrogen) atoms. The van der Waals surface area contributed by atoms with E-state index in [1.807, 2.05) is 0 Å². The highest BCUT2D eigenvalue weighted by Gasteiger charge is 2.39. The second kappa shape index (κ2) is 5.41. The van der Waals surface area contributed by atoms with Crippen LogP contribution < -0.4 is 4.90 Å². The molecule has 1 aliphatic carbocycles. The predicted molar refractivity (Wildman–Crippen MR) is 72.8 cm³/mol. The van der Waals surface area contributed by atoms with Crippen LogP contribution >= 0.6 is 0 Å². The fourth-order valence-corrected chi connectivity index (χ4v) is 2.32. The number of carbonyl (C=O) groups is 1. The van der Waals surface area contributed by atoms with Gasteiger partial charge in [0, 0.05) is 19.8 Å². The van der Waals surface area contributed by atoms with Gasteiger partial charge in [0.25, 0.3) is 0 Å². The maximum Gasteiger partial charge on any atom is 0.229 e. The zero-order chi connectivity index (χ0) is 13.9. The molecule has 0 aliphatic heterocycles. The van der Waals surface area contributed by atoms with Gasteiger partial charge in [0.05, 0.1) is 23.7 Å². The third-order valence-corrected chi connectivity index (χ3v) is 3.93. The normalized spacial score (nSPS) is 16.3. The number of nitrogens with zero attached hydrogens (tertiary/aromatic N) is 2. The summed E-state index contributed by atoms with van der Waals surface area (Å²) in [5, 5.41) is 8.75. The van der Waals surface area contributed by atoms with Crippen LogP contribution in [-0.2, 0) is 9.53 Å². The van der Waals surface area contributed by atoms with E-state index in [1.165, 1.54) is 0 Å². The summed E-state index contributed by atoms with van der Waals surface area (Å²) in [6.45, 7) is 0. The second-order valence-corrected chi connectivity index (χ2v) is 5.03. The maximum atomic E-state index is 12.2. The van der Waals surface area contributed by atoms with E-state index in [1.54, 1.807) is 43.3 Å². The van der Waals surface area contributed by atoms with Gasteiger partial charge in [-0.25, -0.2) is 0 Å². The lowest BCUT2D eigenvalue weighted by Crippen LogP contribution is -2.44. The van der Waals surface area contributed by atoms with Crippen molar-refractivity contribution < 1.29 is 9.53 Å². The Hall–Kier alpha value is -1.86. The van der Waals surface area contributed by atoms with Gasteiger partial charge in [-0.1, -0.05) is 0 Å². The third kappa shape index (κ3) is 2.77. The summed E-state index contributed by atoms with van der Waals surface area (Å²) in [5.41, 5.74) is 1.14. The van der Waals surface area contributed by atoms with E-state index in [-0.39, 0.29) is 11.5 Å². The van der Waals surface area contributed by atoms with Crippen LogP contribution in [0.5, 0.6) is 0 Å². The quantitative estimate of drug-likeness (QED) is 0.833. The highest BCUT2D eigenvalue weighted by molar-refractivity contribution is 5.93. The number of rotatable bonds is 4. The first-order valence-electron chi connectivity index (χ1n) is 6.42. The molecule has 0 spiro atoms. The minimum absolute atomic E-state index is 0.0475. The first kappa shape index (κ1) is 13.6. The number of hydrogen-bond acceptors (Lipinski definition) is 3. The Bertz CT molecular complexity index is 492. The van der Waals surface area contributed by atoms with Crippen molar-refractivity contribution in [3.05, 3.63) is 29.8 Å². The minimum atomic E-state index is -0.252. The molecule has 1 aromatic rings. The standard InChI is InChI=1S/C15H18N2O2/c1-17(13-6-4-12(11-16)5-7-13)14(18)10-15(19-2)8-3-9-15/h4-7H,3,8-10H2,1-2H3. The largest absolute Gasteiger partial charge is 0.378 e. The monoisotopic (exact) mass is 258 g/mol. The number of hydrogen-bond donors (Lipinski definition) is 0. The topological polar surface area (TPSA) is 53.3 Å². The molecule has 4 nitrogen and oxygen atoms in total. The van der Waals surface area contributed by atoms with Crippen molar-refractivity contribution in [2.45, 2.75) is 31.3 Å². The van der Waals surface area contributed by atoms with Crippen molar-refractivity contribution in [2.24, 2.45) is 0 Å². The van der Waals surface area contributed by atoms with Crippen molar-refractivity contribution >= 4 is 11.6 Å². The van der Waals surface area contributed by atoms with E-state index in [0.29, 0.717) is 12.0 Å². The van der Waals surface area contributed by atoms with Crippen LogP contribution in [0.3, 0.4) is 0 Å². The van der Waals surface area contributed by atoms with E-state index in [4.69, 9.17) is 10.00 Å². The van der Waals surface area contributed by atoms with Gasteiger partial charge in [-0.2, -0.15) is 5.26 Å². The molecule has 2 rings (SSSR count). The van der Waals surface area contributed by atoms with Crippen LogP contribution in [0.1, 0.15) is 31.2 Å². The van der Waals surface area contributed by atoms with Gasteiger partial charge in [-0.05, 0) is 43.5 Å². The number of amides is 1. The van der Waals surface area contributed by atoms with Crippen molar-refractivity contribution in [3.63, 3.8) is 0 Å². The summed E-state index contributed by atoms with van der Waals surface area (Å²) in [6.07, 6.45) is 3.45. The molecule has 0 aromatic heterocycles. The number of methoxy groups -OCH3 is 1. The van der Waals surface area contributed by atoms with Crippen molar-refractivity contribution in [2.75, 3.05) is 19.1 Å². The SMILES string of the molecule is COC1(CC(=O)N(C)c2ccc(C#N)cc2)CCC1. The van der Waals surface area contributed by atoms with Gasteiger partial charge in [-0.3, -0.25) is 4.79 Å². The molecule has 4 heteroatoms. The molecule has 0 N–H and O–H groups in total. The fourth-order valence-electron chi connectivity index (χ4n) is 2.32. The highest BCUT2D eigenvalue weighted by Crippen LogP contribution is 2.38. The molecule has 1 fully saturated rings. The van der Waals surface area contributed by atoms with E-state index in [9.17, 15) is 4.79 Å². The van der Waals surface area contributed by atoms with Gasteiger partial charge in [-0.15, -0.1) is 0 Å². The molecule has 1 saturated carbocycles. The van der Waals surface area contributed by atoms with Crippen LogP contribution in [0.15, 0.2) is 24.3 Å². The fraction of sp³-hybridized carbons (Fsp3) is 0.467. The number of carbonyl (C=O) groups excluding carboxylic acids is 1. The molecule has 0 unspecified atom stereocenters. The Morgan fingerprint density at radius 3 is 2.47 bits per heavy atom. The Labute approximate surface area is 113 Å². The number of anilines is 1. The van der Waals surface area contributed by atoms with Gasteiger partial charge >= 0.3 is 0 Å². The van der Waals surface area contributed by atoms with E-state index in [0.717, 1.165) is 24.9 Å². The van der Waals surface area contributed by atoms with Gasteiger partial charge in [0.2, 0.25) is 5.91 Å². The molecule has 1 aliphatic rings. The van der Waals surface area contributed by atoms with Gasteiger partial charge in [0.1, 0.15) is 0 Å². The van der Waals surface area contributed by atoms with E-state index >= 15 is 0 Å². The molecule has 1 amide bonds. The minimum Gasteiger partial charge on any atom is -0.378 e. The van der Waals surface area contributed by atoms with Crippen LogP contribution in [0.4, 0.5) is 5.69 Å². The van der Waals surface area contributed by atoms with Crippen molar-refractivity contribution in [3.8, 4) is 6.07 Å². The lowest BCUT2D eigenvalue weighted by atomic mass is 9.77. The predicted octanol–water partition coefficient (Wildman–Crippen LogP) is 2.48. The van der Waals surface area contributed by atoms with E-state index < -0.39 is 0 Å². The molecular weight excluding hydrogens is 240 g/mol. The van der Waals surface area contributed by atoms with Gasteiger partial charge < -0.3 is 9.64 Å². The zero-order valence-electron chi connectivity index (χ0n) is 11.3. The Morgan fingerprint density at radius 1 is 1.42 bits per heavy atom. The smallest absolute Gasteiger partial charge is 0.229 e. The molecule has 0 atom stereocenters. The molecule has 0 saturated heterocycles. The molecule has 0 radical (unpaired) electrons. The Kier molecular flexibility index (Phi) is 3.87. The summed E-state index contributed by atoms with van der Waals surface area (Å²) in [7, 11) is 3.43. The molecule has 0 heterocycles. The first-order valence-corrected chi connectivity index (χ1v) is 6.42. The maximum absolute atomic E-state index is 12.2. The first-order chi connectivity index (χ1) is 9.10. The number of benzene rings is 1. The van der Waals surface area contributed by atoms with Crippen LogP contribution in [0.2, 0.25) is 0 Å². The summed E-state index contributed by atoms with van der Waals surface area (Å²) in [5.74, 6) is 0.0475. The Balaban J connectivity index is 2.04. The van der Waals surface area contributed by atoms with Gasteiger partial charge in [0.15, 0.2) is 0 Å². The molecule has 0 bridgehead atoms. The van der Waals surface area contributed by atoms with Crippen LogP contribution in [-0.4, -0.2) is 25.7 Å². The number of nitriles is 1. The summed E-state index contributed by atoms with van der Waals surface area (Å²) >= 11 is 0. The highest BCUT2D eigenvalue weighted by atomic mass is 16.5. The van der Waals surface area contributed by atoms with Crippen LogP contribution in [0, 0.1) is 11.3 Å². The second-order valence-electron chi connectivity index (χ2n) is 5.03. The zero-order valence-corrected chi connectivity index (χ0v) is 11.3. The average Bonchev–Trinajstić information content (AvgIpc) is 2.42. The third-order valence-electron chi connectivity index (χ3n) is 3.93. The average molecular weight is 258 g/mol. The lowest BCUT2D eigenvalue weighted by Gasteiger charge is -2.40. The van der Waals surface area contributed by atoms with Crippen LogP contribution in [0.25, 0.3) is 0 Å². The van der Waals surface area contributed by atoms with Crippen molar-refractivity contribution in [1.82, 2.24) is 0 Å². The number of ether oxygens (including phenoxy) is 1. The molecular formula is C15H18N2O2. The summed E-state index contributed by atoms with van der Waals surface area (Å²) < 4.78 is 5.48. The molecule has 100 valence electrons. The lowest BCUT2D eigenvalue weighted by molar-refractivity contribution is -0.131. The van der Waals surface area contributed by atoms with E-state index in [2.05, 4.69) is 6.07 Å². The summed E-state index contributed by atoms with van der Waals surface area (Å²) in [4.78, 5) is 13.9. The molecule has 1 aromatic carbocycles. The summed E-state index contributed by atoms with van der Waals surface area (Å²) in [6, 6.07) is 9.07. The van der Waals surface area contributed by atoms with Crippen molar-refractivity contribution in [1.29, 1.82) is 5.26 Å². The Morgan fingerprint density at radius 2 is 2.05 bits per heavy atom.